The van der Waals surface area contributed by atoms with E-state index in [0.29, 0.717) is 5.56 Å². The number of amides is 1. The molecule has 22 heavy (non-hydrogen) atoms. The Hall–Kier alpha value is -1.94. The first-order valence-corrected chi connectivity index (χ1v) is 8.09. The van der Waals surface area contributed by atoms with Crippen molar-refractivity contribution < 1.29 is 4.79 Å². The van der Waals surface area contributed by atoms with Crippen molar-refractivity contribution in [1.29, 1.82) is 0 Å². The Kier molecular flexibility index (Phi) is 5.90. The van der Waals surface area contributed by atoms with E-state index in [1.807, 2.05) is 37.3 Å². The van der Waals surface area contributed by atoms with E-state index in [1.165, 1.54) is 5.56 Å². The van der Waals surface area contributed by atoms with Crippen LogP contribution < -0.4 is 5.43 Å². The van der Waals surface area contributed by atoms with E-state index in [1.54, 1.807) is 6.07 Å². The van der Waals surface area contributed by atoms with Crippen LogP contribution in [0.3, 0.4) is 0 Å². The molecule has 0 heterocycles. The Balaban J connectivity index is 2.06. The van der Waals surface area contributed by atoms with Gasteiger partial charge in [-0.25, -0.2) is 5.43 Å². The van der Waals surface area contributed by atoms with Crippen molar-refractivity contribution >= 4 is 27.5 Å². The molecule has 0 spiro atoms. The van der Waals surface area contributed by atoms with Crippen molar-refractivity contribution in [3.63, 3.8) is 0 Å². The minimum atomic E-state index is -0.227. The highest BCUT2D eigenvalue weighted by Gasteiger charge is 2.08. The smallest absolute Gasteiger partial charge is 0.267 e. The Morgan fingerprint density at radius 3 is 2.45 bits per heavy atom. The second-order valence-electron chi connectivity index (χ2n) is 5.06. The lowest BCUT2D eigenvalue weighted by Crippen LogP contribution is -2.19. The Morgan fingerprint density at radius 1 is 1.14 bits per heavy atom. The standard InChI is InChI=1S/C18H19BrN2O/c1-3-6-14-9-11-15(12-10-14)13(2)20-21-18(22)16-7-4-5-8-17(16)19/h4-5,7-12H,3,6H2,1-2H3,(H,21,22). The monoisotopic (exact) mass is 358 g/mol. The number of carbonyl (C=O) groups is 1. The van der Waals surface area contributed by atoms with Crippen LogP contribution >= 0.6 is 15.9 Å². The number of hydrazone groups is 1. The summed E-state index contributed by atoms with van der Waals surface area (Å²) in [6, 6.07) is 15.6. The van der Waals surface area contributed by atoms with Gasteiger partial charge in [-0.1, -0.05) is 49.7 Å². The van der Waals surface area contributed by atoms with Gasteiger partial charge in [0.05, 0.1) is 11.3 Å². The molecular weight excluding hydrogens is 340 g/mol. The van der Waals surface area contributed by atoms with Crippen molar-refractivity contribution in [2.75, 3.05) is 0 Å². The van der Waals surface area contributed by atoms with Crippen molar-refractivity contribution in [2.45, 2.75) is 26.7 Å². The molecule has 0 aliphatic carbocycles. The summed E-state index contributed by atoms with van der Waals surface area (Å²) >= 11 is 3.36. The fraction of sp³-hybridized carbons (Fsp3) is 0.222. The number of aryl methyl sites for hydroxylation is 1. The van der Waals surface area contributed by atoms with Crippen LogP contribution in [0.5, 0.6) is 0 Å². The molecule has 0 aromatic heterocycles. The maximum absolute atomic E-state index is 12.1. The Morgan fingerprint density at radius 2 is 1.82 bits per heavy atom. The zero-order valence-corrected chi connectivity index (χ0v) is 14.4. The number of hydrogen-bond donors (Lipinski definition) is 1. The molecule has 2 rings (SSSR count). The van der Waals surface area contributed by atoms with Crippen LogP contribution in [-0.4, -0.2) is 11.6 Å². The summed E-state index contributed by atoms with van der Waals surface area (Å²) in [7, 11) is 0. The van der Waals surface area contributed by atoms with E-state index in [4.69, 9.17) is 0 Å². The van der Waals surface area contributed by atoms with Gasteiger partial charge in [0.25, 0.3) is 5.91 Å². The SMILES string of the molecule is CCCc1ccc(C(C)=NNC(=O)c2ccccc2Br)cc1. The normalized spacial score (nSPS) is 11.3. The van der Waals surface area contributed by atoms with Crippen LogP contribution in [0.25, 0.3) is 0 Å². The summed E-state index contributed by atoms with van der Waals surface area (Å²) in [4.78, 5) is 12.1. The summed E-state index contributed by atoms with van der Waals surface area (Å²) in [5.41, 5.74) is 6.27. The number of carbonyl (C=O) groups excluding carboxylic acids is 1. The van der Waals surface area contributed by atoms with E-state index in [-0.39, 0.29) is 5.91 Å². The van der Waals surface area contributed by atoms with E-state index in [2.05, 4.69) is 45.5 Å². The van der Waals surface area contributed by atoms with Crippen molar-refractivity contribution in [3.05, 3.63) is 69.7 Å². The second kappa shape index (κ2) is 7.90. The zero-order valence-electron chi connectivity index (χ0n) is 12.8. The van der Waals surface area contributed by atoms with Crippen LogP contribution in [-0.2, 0) is 6.42 Å². The van der Waals surface area contributed by atoms with Crippen LogP contribution in [0, 0.1) is 0 Å². The van der Waals surface area contributed by atoms with Gasteiger partial charge in [-0.15, -0.1) is 0 Å². The van der Waals surface area contributed by atoms with E-state index in [0.717, 1.165) is 28.6 Å². The molecule has 0 unspecified atom stereocenters. The Labute approximate surface area is 139 Å². The highest BCUT2D eigenvalue weighted by atomic mass is 79.9. The molecule has 2 aromatic rings. The van der Waals surface area contributed by atoms with Crippen LogP contribution in [0.1, 0.15) is 41.8 Å². The summed E-state index contributed by atoms with van der Waals surface area (Å²) in [5, 5.41) is 4.18. The molecule has 1 N–H and O–H groups in total. The van der Waals surface area contributed by atoms with Crippen LogP contribution in [0.4, 0.5) is 0 Å². The van der Waals surface area contributed by atoms with E-state index < -0.39 is 0 Å². The predicted octanol–water partition coefficient (Wildman–Crippen LogP) is 4.56. The highest BCUT2D eigenvalue weighted by Crippen LogP contribution is 2.15. The lowest BCUT2D eigenvalue weighted by atomic mass is 10.1. The minimum absolute atomic E-state index is 0.227. The molecule has 114 valence electrons. The highest BCUT2D eigenvalue weighted by molar-refractivity contribution is 9.10. The number of hydrogen-bond acceptors (Lipinski definition) is 2. The van der Waals surface area contributed by atoms with Gasteiger partial charge in [0.15, 0.2) is 0 Å². The first kappa shape index (κ1) is 16.4. The van der Waals surface area contributed by atoms with Gasteiger partial charge in [0, 0.05) is 4.47 Å². The second-order valence-corrected chi connectivity index (χ2v) is 5.92. The fourth-order valence-corrected chi connectivity index (χ4v) is 2.57. The molecule has 0 aliphatic heterocycles. The van der Waals surface area contributed by atoms with Crippen LogP contribution in [0.15, 0.2) is 58.1 Å². The topological polar surface area (TPSA) is 41.5 Å². The molecule has 0 atom stereocenters. The first-order chi connectivity index (χ1) is 10.6. The lowest BCUT2D eigenvalue weighted by Gasteiger charge is -2.05. The third-order valence-electron chi connectivity index (χ3n) is 3.35. The first-order valence-electron chi connectivity index (χ1n) is 7.30. The zero-order chi connectivity index (χ0) is 15.9. The van der Waals surface area contributed by atoms with Gasteiger partial charge >= 0.3 is 0 Å². The van der Waals surface area contributed by atoms with Gasteiger partial charge in [-0.3, -0.25) is 4.79 Å². The van der Waals surface area contributed by atoms with Gasteiger partial charge in [-0.05, 0) is 52.5 Å². The molecule has 0 bridgehead atoms. The maximum Gasteiger partial charge on any atom is 0.272 e. The quantitative estimate of drug-likeness (QED) is 0.617. The molecule has 0 fully saturated rings. The molecule has 3 nitrogen and oxygen atoms in total. The molecule has 4 heteroatoms. The molecule has 0 saturated heterocycles. The lowest BCUT2D eigenvalue weighted by molar-refractivity contribution is 0.0954. The molecule has 2 aromatic carbocycles. The van der Waals surface area contributed by atoms with Crippen molar-refractivity contribution in [1.82, 2.24) is 5.43 Å². The summed E-state index contributed by atoms with van der Waals surface area (Å²) in [6.07, 6.45) is 2.21. The fourth-order valence-electron chi connectivity index (χ4n) is 2.11. The molecule has 0 aliphatic rings. The maximum atomic E-state index is 12.1. The number of nitrogens with zero attached hydrogens (tertiary/aromatic N) is 1. The number of halogens is 1. The van der Waals surface area contributed by atoms with E-state index in [9.17, 15) is 4.79 Å². The third kappa shape index (κ3) is 4.28. The molecule has 0 radical (unpaired) electrons. The van der Waals surface area contributed by atoms with Gasteiger partial charge in [0.2, 0.25) is 0 Å². The van der Waals surface area contributed by atoms with Crippen LogP contribution in [0.2, 0.25) is 0 Å². The van der Waals surface area contributed by atoms with Crippen molar-refractivity contribution in [2.24, 2.45) is 5.10 Å². The summed E-state index contributed by atoms with van der Waals surface area (Å²) in [5.74, 6) is -0.227. The molecule has 1 amide bonds. The number of nitrogens with one attached hydrogen (secondary N) is 1. The van der Waals surface area contributed by atoms with Gasteiger partial charge in [-0.2, -0.15) is 5.10 Å². The van der Waals surface area contributed by atoms with Gasteiger partial charge < -0.3 is 0 Å². The largest absolute Gasteiger partial charge is 0.272 e. The summed E-state index contributed by atoms with van der Waals surface area (Å²) < 4.78 is 0.754. The van der Waals surface area contributed by atoms with E-state index >= 15 is 0 Å². The number of rotatable bonds is 5. The van der Waals surface area contributed by atoms with Gasteiger partial charge in [0.1, 0.15) is 0 Å². The van der Waals surface area contributed by atoms with Crippen molar-refractivity contribution in [3.8, 4) is 0 Å². The average Bonchev–Trinajstić information content (AvgIpc) is 2.54. The number of benzene rings is 2. The Bertz CT molecular complexity index is 678. The average molecular weight is 359 g/mol. The predicted molar refractivity (Wildman–Crippen MR) is 94.3 cm³/mol. The molecular formula is C18H19BrN2O. The minimum Gasteiger partial charge on any atom is -0.267 e. The third-order valence-corrected chi connectivity index (χ3v) is 4.05. The summed E-state index contributed by atoms with van der Waals surface area (Å²) in [6.45, 7) is 4.05. The molecule has 0 saturated carbocycles.